The molecule has 0 radical (unpaired) electrons. The van der Waals surface area contributed by atoms with Crippen molar-refractivity contribution in [1.82, 2.24) is 4.98 Å². The summed E-state index contributed by atoms with van der Waals surface area (Å²) in [6, 6.07) is 10.2. The highest BCUT2D eigenvalue weighted by molar-refractivity contribution is 5.80. The standard InChI is InChI=1S/C13H15NO/c1-3-11-13(15-4-2)9-10-7-5-6-8-12(10)14-11/h5-9H,3-4H2,1-2H3. The van der Waals surface area contributed by atoms with Crippen LogP contribution in [0.25, 0.3) is 10.9 Å². The monoisotopic (exact) mass is 201 g/mol. The van der Waals surface area contributed by atoms with Gasteiger partial charge in [-0.1, -0.05) is 25.1 Å². The molecule has 0 saturated carbocycles. The molecular weight excluding hydrogens is 186 g/mol. The van der Waals surface area contributed by atoms with Gasteiger partial charge in [0, 0.05) is 5.39 Å². The van der Waals surface area contributed by atoms with Gasteiger partial charge in [-0.05, 0) is 25.5 Å². The van der Waals surface area contributed by atoms with E-state index in [1.165, 1.54) is 0 Å². The second-order valence-corrected chi connectivity index (χ2v) is 3.41. The Hall–Kier alpha value is -1.57. The molecule has 2 aromatic rings. The number of fused-ring (bicyclic) bond motifs is 1. The van der Waals surface area contributed by atoms with E-state index in [1.807, 2.05) is 25.1 Å². The van der Waals surface area contributed by atoms with Gasteiger partial charge in [0.25, 0.3) is 0 Å². The summed E-state index contributed by atoms with van der Waals surface area (Å²) in [6.07, 6.45) is 0.903. The molecule has 0 unspecified atom stereocenters. The number of hydrogen-bond donors (Lipinski definition) is 0. The number of aryl methyl sites for hydroxylation is 1. The van der Waals surface area contributed by atoms with Crippen LogP contribution >= 0.6 is 0 Å². The zero-order valence-electron chi connectivity index (χ0n) is 9.16. The van der Waals surface area contributed by atoms with E-state index >= 15 is 0 Å². The van der Waals surface area contributed by atoms with Gasteiger partial charge in [0.15, 0.2) is 0 Å². The molecule has 0 fully saturated rings. The van der Waals surface area contributed by atoms with Crippen molar-refractivity contribution in [1.29, 1.82) is 0 Å². The highest BCUT2D eigenvalue weighted by Crippen LogP contribution is 2.23. The number of para-hydroxylation sites is 1. The van der Waals surface area contributed by atoms with E-state index in [1.54, 1.807) is 0 Å². The van der Waals surface area contributed by atoms with Crippen LogP contribution in [0.2, 0.25) is 0 Å². The van der Waals surface area contributed by atoms with Crippen LogP contribution in [0.15, 0.2) is 30.3 Å². The van der Waals surface area contributed by atoms with Crippen LogP contribution in [0.5, 0.6) is 5.75 Å². The summed E-state index contributed by atoms with van der Waals surface area (Å²) in [6.45, 7) is 4.78. The largest absolute Gasteiger partial charge is 0.492 e. The highest BCUT2D eigenvalue weighted by atomic mass is 16.5. The Morgan fingerprint density at radius 1 is 1.20 bits per heavy atom. The van der Waals surface area contributed by atoms with Gasteiger partial charge in [-0.3, -0.25) is 0 Å². The van der Waals surface area contributed by atoms with Crippen LogP contribution in [0.4, 0.5) is 0 Å². The zero-order chi connectivity index (χ0) is 10.7. The van der Waals surface area contributed by atoms with Gasteiger partial charge in [-0.25, -0.2) is 4.98 Å². The number of aromatic nitrogens is 1. The third kappa shape index (κ3) is 1.94. The number of pyridine rings is 1. The summed E-state index contributed by atoms with van der Waals surface area (Å²) in [5.41, 5.74) is 2.08. The summed E-state index contributed by atoms with van der Waals surface area (Å²) in [5, 5.41) is 1.14. The first-order valence-corrected chi connectivity index (χ1v) is 5.36. The van der Waals surface area contributed by atoms with Crippen molar-refractivity contribution in [2.75, 3.05) is 6.61 Å². The molecule has 1 heterocycles. The molecule has 0 saturated heterocycles. The van der Waals surface area contributed by atoms with Gasteiger partial charge in [-0.2, -0.15) is 0 Å². The molecule has 0 amide bonds. The molecule has 0 aliphatic heterocycles. The van der Waals surface area contributed by atoms with Gasteiger partial charge in [0.2, 0.25) is 0 Å². The van der Waals surface area contributed by atoms with Crippen LogP contribution in [-0.2, 0) is 6.42 Å². The maximum Gasteiger partial charge on any atom is 0.141 e. The average Bonchev–Trinajstić information content (AvgIpc) is 2.28. The summed E-state index contributed by atoms with van der Waals surface area (Å²) < 4.78 is 5.57. The van der Waals surface area contributed by atoms with Crippen molar-refractivity contribution in [3.63, 3.8) is 0 Å². The fraction of sp³-hybridized carbons (Fsp3) is 0.308. The first kappa shape index (κ1) is 9.97. The summed E-state index contributed by atoms with van der Waals surface area (Å²) in [4.78, 5) is 4.59. The number of hydrogen-bond acceptors (Lipinski definition) is 2. The predicted molar refractivity (Wildman–Crippen MR) is 62.3 cm³/mol. The molecule has 15 heavy (non-hydrogen) atoms. The molecular formula is C13H15NO. The normalized spacial score (nSPS) is 10.5. The smallest absolute Gasteiger partial charge is 0.141 e. The summed E-state index contributed by atoms with van der Waals surface area (Å²) in [5.74, 6) is 0.915. The minimum atomic E-state index is 0.688. The fourth-order valence-corrected chi connectivity index (χ4v) is 1.67. The molecule has 0 aliphatic rings. The van der Waals surface area contributed by atoms with E-state index in [2.05, 4.69) is 24.0 Å². The highest BCUT2D eigenvalue weighted by Gasteiger charge is 2.05. The molecule has 0 N–H and O–H groups in total. The number of rotatable bonds is 3. The second-order valence-electron chi connectivity index (χ2n) is 3.41. The molecule has 2 nitrogen and oxygen atoms in total. The van der Waals surface area contributed by atoms with E-state index in [9.17, 15) is 0 Å². The van der Waals surface area contributed by atoms with Crippen LogP contribution in [0.1, 0.15) is 19.5 Å². The Labute approximate surface area is 89.9 Å². The molecule has 1 aromatic heterocycles. The van der Waals surface area contributed by atoms with Crippen molar-refractivity contribution in [3.8, 4) is 5.75 Å². The molecule has 1 aromatic carbocycles. The zero-order valence-corrected chi connectivity index (χ0v) is 9.16. The maximum atomic E-state index is 5.57. The van der Waals surface area contributed by atoms with Gasteiger partial charge in [-0.15, -0.1) is 0 Å². The maximum absolute atomic E-state index is 5.57. The Balaban J connectivity index is 2.58. The number of nitrogens with zero attached hydrogens (tertiary/aromatic N) is 1. The minimum absolute atomic E-state index is 0.688. The molecule has 2 heteroatoms. The summed E-state index contributed by atoms with van der Waals surface area (Å²) in [7, 11) is 0. The van der Waals surface area contributed by atoms with Crippen LogP contribution < -0.4 is 4.74 Å². The van der Waals surface area contributed by atoms with Crippen molar-refractivity contribution in [3.05, 3.63) is 36.0 Å². The second kappa shape index (κ2) is 4.30. The lowest BCUT2D eigenvalue weighted by molar-refractivity contribution is 0.335. The lowest BCUT2D eigenvalue weighted by Crippen LogP contribution is -1.98. The van der Waals surface area contributed by atoms with Crippen molar-refractivity contribution < 1.29 is 4.74 Å². The Morgan fingerprint density at radius 2 is 2.00 bits per heavy atom. The summed E-state index contributed by atoms with van der Waals surface area (Å²) >= 11 is 0. The quantitative estimate of drug-likeness (QED) is 0.760. The third-order valence-corrected chi connectivity index (χ3v) is 2.40. The predicted octanol–water partition coefficient (Wildman–Crippen LogP) is 3.20. The lowest BCUT2D eigenvalue weighted by atomic mass is 10.1. The Bertz CT molecular complexity index is 465. The van der Waals surface area contributed by atoms with Gasteiger partial charge in [0.05, 0.1) is 17.8 Å². The van der Waals surface area contributed by atoms with Crippen LogP contribution in [0.3, 0.4) is 0 Å². The fourth-order valence-electron chi connectivity index (χ4n) is 1.67. The third-order valence-electron chi connectivity index (χ3n) is 2.40. The van der Waals surface area contributed by atoms with Gasteiger partial charge < -0.3 is 4.74 Å². The van der Waals surface area contributed by atoms with Gasteiger partial charge >= 0.3 is 0 Å². The average molecular weight is 201 g/mol. The SMILES string of the molecule is CCOc1cc2ccccc2nc1CC. The molecule has 0 spiro atoms. The van der Waals surface area contributed by atoms with E-state index in [4.69, 9.17) is 4.74 Å². The van der Waals surface area contributed by atoms with Crippen molar-refractivity contribution >= 4 is 10.9 Å². The first-order valence-electron chi connectivity index (χ1n) is 5.36. The van der Waals surface area contributed by atoms with Crippen LogP contribution in [-0.4, -0.2) is 11.6 Å². The topological polar surface area (TPSA) is 22.1 Å². The van der Waals surface area contributed by atoms with Gasteiger partial charge in [0.1, 0.15) is 5.75 Å². The lowest BCUT2D eigenvalue weighted by Gasteiger charge is -2.09. The molecule has 0 atom stereocenters. The molecule has 2 rings (SSSR count). The number of ether oxygens (including phenoxy) is 1. The Kier molecular flexibility index (Phi) is 2.86. The molecule has 78 valence electrons. The van der Waals surface area contributed by atoms with Crippen LogP contribution in [0, 0.1) is 0 Å². The van der Waals surface area contributed by atoms with E-state index in [-0.39, 0.29) is 0 Å². The van der Waals surface area contributed by atoms with Crippen molar-refractivity contribution in [2.24, 2.45) is 0 Å². The van der Waals surface area contributed by atoms with E-state index in [0.29, 0.717) is 6.61 Å². The van der Waals surface area contributed by atoms with Crippen molar-refractivity contribution in [2.45, 2.75) is 20.3 Å². The molecule has 0 aliphatic carbocycles. The van der Waals surface area contributed by atoms with E-state index in [0.717, 1.165) is 28.8 Å². The molecule has 0 bridgehead atoms. The first-order chi connectivity index (χ1) is 7.35. The Morgan fingerprint density at radius 3 is 2.73 bits per heavy atom. The minimum Gasteiger partial charge on any atom is -0.492 e. The van der Waals surface area contributed by atoms with E-state index < -0.39 is 0 Å². The number of benzene rings is 1.